The van der Waals surface area contributed by atoms with E-state index in [1.807, 2.05) is 30.3 Å². The first-order chi connectivity index (χ1) is 10.2. The molecule has 108 valence electrons. The van der Waals surface area contributed by atoms with Crippen LogP contribution in [0.15, 0.2) is 54.6 Å². The molecule has 0 aromatic heterocycles. The molecule has 0 saturated carbocycles. The lowest BCUT2D eigenvalue weighted by atomic mass is 10.2. The van der Waals surface area contributed by atoms with Crippen LogP contribution in [0.5, 0.6) is 11.5 Å². The van der Waals surface area contributed by atoms with E-state index in [0.717, 1.165) is 11.1 Å². The fraction of sp³-hybridized carbons (Fsp3) is 0.118. The number of benzene rings is 2. The van der Waals surface area contributed by atoms with Gasteiger partial charge in [0.1, 0.15) is 6.61 Å². The molecule has 4 heteroatoms. The number of carbonyl (C=O) groups is 1. The van der Waals surface area contributed by atoms with Crippen LogP contribution in [0.3, 0.4) is 0 Å². The Hall–Kier alpha value is -2.75. The number of phenols is 1. The van der Waals surface area contributed by atoms with Gasteiger partial charge in [0.2, 0.25) is 0 Å². The second kappa shape index (κ2) is 7.14. The molecule has 21 heavy (non-hydrogen) atoms. The van der Waals surface area contributed by atoms with Crippen molar-refractivity contribution in [2.45, 2.75) is 6.61 Å². The number of hydrogen-bond donors (Lipinski definition) is 1. The topological polar surface area (TPSA) is 55.8 Å². The average molecular weight is 284 g/mol. The smallest absolute Gasteiger partial charge is 0.331 e. The summed E-state index contributed by atoms with van der Waals surface area (Å²) in [5.41, 5.74) is 1.67. The second-order valence-electron chi connectivity index (χ2n) is 4.36. The van der Waals surface area contributed by atoms with E-state index in [-0.39, 0.29) is 12.4 Å². The zero-order chi connectivity index (χ0) is 15.1. The normalized spacial score (nSPS) is 10.5. The molecule has 0 atom stereocenters. The van der Waals surface area contributed by atoms with Crippen molar-refractivity contribution in [1.29, 1.82) is 0 Å². The van der Waals surface area contributed by atoms with Crippen molar-refractivity contribution in [1.82, 2.24) is 0 Å². The van der Waals surface area contributed by atoms with E-state index in [9.17, 15) is 9.90 Å². The zero-order valence-corrected chi connectivity index (χ0v) is 11.7. The van der Waals surface area contributed by atoms with Crippen LogP contribution in [-0.2, 0) is 16.1 Å². The third kappa shape index (κ3) is 4.38. The van der Waals surface area contributed by atoms with Gasteiger partial charge >= 0.3 is 5.97 Å². The number of phenolic OH excluding ortho intramolecular Hbond substituents is 1. The van der Waals surface area contributed by atoms with Crippen molar-refractivity contribution in [3.05, 3.63) is 65.7 Å². The third-order valence-corrected chi connectivity index (χ3v) is 2.84. The van der Waals surface area contributed by atoms with Crippen molar-refractivity contribution in [3.63, 3.8) is 0 Å². The minimum Gasteiger partial charge on any atom is -0.504 e. The van der Waals surface area contributed by atoms with Crippen LogP contribution < -0.4 is 4.74 Å². The number of methoxy groups -OCH3 is 1. The number of aromatic hydroxyl groups is 1. The largest absolute Gasteiger partial charge is 0.504 e. The van der Waals surface area contributed by atoms with Crippen molar-refractivity contribution < 1.29 is 19.4 Å². The molecule has 0 aliphatic rings. The molecule has 0 heterocycles. The highest BCUT2D eigenvalue weighted by Crippen LogP contribution is 2.26. The van der Waals surface area contributed by atoms with Crippen molar-refractivity contribution in [2.24, 2.45) is 0 Å². The molecule has 1 N–H and O–H groups in total. The number of rotatable bonds is 5. The van der Waals surface area contributed by atoms with Gasteiger partial charge in [-0.25, -0.2) is 4.79 Å². The Balaban J connectivity index is 1.93. The summed E-state index contributed by atoms with van der Waals surface area (Å²) < 4.78 is 10.1. The van der Waals surface area contributed by atoms with Gasteiger partial charge in [-0.2, -0.15) is 0 Å². The van der Waals surface area contributed by atoms with Gasteiger partial charge in [0.25, 0.3) is 0 Å². The van der Waals surface area contributed by atoms with Crippen LogP contribution in [-0.4, -0.2) is 18.2 Å². The van der Waals surface area contributed by atoms with E-state index in [2.05, 4.69) is 0 Å². The van der Waals surface area contributed by atoms with Crippen molar-refractivity contribution >= 4 is 12.0 Å². The van der Waals surface area contributed by atoms with E-state index >= 15 is 0 Å². The number of hydrogen-bond acceptors (Lipinski definition) is 4. The van der Waals surface area contributed by atoms with Crippen molar-refractivity contribution in [3.8, 4) is 11.5 Å². The van der Waals surface area contributed by atoms with Gasteiger partial charge < -0.3 is 14.6 Å². The van der Waals surface area contributed by atoms with Gasteiger partial charge in [-0.3, -0.25) is 0 Å². The summed E-state index contributed by atoms with van der Waals surface area (Å²) in [4.78, 5) is 11.6. The minimum absolute atomic E-state index is 0.0568. The Kier molecular flexibility index (Phi) is 4.99. The SMILES string of the molecule is COc1cc(C=CC(=O)OCc2ccccc2)ccc1O. The quantitative estimate of drug-likeness (QED) is 0.677. The van der Waals surface area contributed by atoms with E-state index in [0.29, 0.717) is 5.75 Å². The first-order valence-electron chi connectivity index (χ1n) is 6.45. The highest BCUT2D eigenvalue weighted by atomic mass is 16.5. The summed E-state index contributed by atoms with van der Waals surface area (Å²) in [5, 5.41) is 9.48. The van der Waals surface area contributed by atoms with E-state index in [1.54, 1.807) is 18.2 Å². The third-order valence-electron chi connectivity index (χ3n) is 2.84. The maximum Gasteiger partial charge on any atom is 0.331 e. The molecule has 0 unspecified atom stereocenters. The van der Waals surface area contributed by atoms with Crippen LogP contribution >= 0.6 is 0 Å². The molecule has 0 spiro atoms. The Morgan fingerprint density at radius 2 is 1.95 bits per heavy atom. The Labute approximate surface area is 123 Å². The summed E-state index contributed by atoms with van der Waals surface area (Å²) in [6.07, 6.45) is 2.95. The molecule has 2 aromatic carbocycles. The standard InChI is InChI=1S/C17H16O4/c1-20-16-11-13(7-9-15(16)18)8-10-17(19)21-12-14-5-3-2-4-6-14/h2-11,18H,12H2,1H3. The number of esters is 1. The van der Waals surface area contributed by atoms with Crippen LogP contribution in [0.2, 0.25) is 0 Å². The van der Waals surface area contributed by atoms with E-state index < -0.39 is 5.97 Å². The summed E-state index contributed by atoms with van der Waals surface area (Å²) in [6, 6.07) is 14.3. The summed E-state index contributed by atoms with van der Waals surface area (Å²) >= 11 is 0. The minimum atomic E-state index is -0.425. The van der Waals surface area contributed by atoms with Gasteiger partial charge in [-0.05, 0) is 29.3 Å². The van der Waals surface area contributed by atoms with Crippen molar-refractivity contribution in [2.75, 3.05) is 7.11 Å². The summed E-state index contributed by atoms with van der Waals surface area (Å²) in [6.45, 7) is 0.239. The molecule has 0 fully saturated rings. The fourth-order valence-electron chi connectivity index (χ4n) is 1.74. The Morgan fingerprint density at radius 1 is 1.19 bits per heavy atom. The number of ether oxygens (including phenoxy) is 2. The molecule has 0 bridgehead atoms. The van der Waals surface area contributed by atoms with Gasteiger partial charge in [0.15, 0.2) is 11.5 Å². The lowest BCUT2D eigenvalue weighted by molar-refractivity contribution is -0.138. The maximum absolute atomic E-state index is 11.6. The summed E-state index contributed by atoms with van der Waals surface area (Å²) in [5.74, 6) is -0.0120. The summed E-state index contributed by atoms with van der Waals surface area (Å²) in [7, 11) is 1.47. The van der Waals surface area contributed by atoms with Crippen LogP contribution in [0.4, 0.5) is 0 Å². The second-order valence-corrected chi connectivity index (χ2v) is 4.36. The Morgan fingerprint density at radius 3 is 2.67 bits per heavy atom. The van der Waals surface area contributed by atoms with Crippen LogP contribution in [0.1, 0.15) is 11.1 Å². The van der Waals surface area contributed by atoms with Gasteiger partial charge in [0, 0.05) is 6.08 Å². The fourth-order valence-corrected chi connectivity index (χ4v) is 1.74. The lowest BCUT2D eigenvalue weighted by Crippen LogP contribution is -2.00. The molecule has 0 aliphatic heterocycles. The molecule has 0 aliphatic carbocycles. The first-order valence-corrected chi connectivity index (χ1v) is 6.45. The van der Waals surface area contributed by atoms with Crippen LogP contribution in [0.25, 0.3) is 6.08 Å². The monoisotopic (exact) mass is 284 g/mol. The molecule has 4 nitrogen and oxygen atoms in total. The number of carbonyl (C=O) groups excluding carboxylic acids is 1. The van der Waals surface area contributed by atoms with E-state index in [1.165, 1.54) is 19.3 Å². The van der Waals surface area contributed by atoms with Gasteiger partial charge in [-0.1, -0.05) is 36.4 Å². The molecule has 0 amide bonds. The highest BCUT2D eigenvalue weighted by molar-refractivity contribution is 5.87. The first kappa shape index (κ1) is 14.7. The molecule has 2 rings (SSSR count). The molecule has 0 radical (unpaired) electrons. The predicted octanol–water partition coefficient (Wildman–Crippen LogP) is 3.16. The lowest BCUT2D eigenvalue weighted by Gasteiger charge is -2.04. The molecule has 2 aromatic rings. The highest BCUT2D eigenvalue weighted by Gasteiger charge is 2.02. The van der Waals surface area contributed by atoms with E-state index in [4.69, 9.17) is 9.47 Å². The van der Waals surface area contributed by atoms with Gasteiger partial charge in [0.05, 0.1) is 7.11 Å². The molecular formula is C17H16O4. The molecular weight excluding hydrogens is 268 g/mol. The zero-order valence-electron chi connectivity index (χ0n) is 11.7. The average Bonchev–Trinajstić information content (AvgIpc) is 2.53. The van der Waals surface area contributed by atoms with Gasteiger partial charge in [-0.15, -0.1) is 0 Å². The van der Waals surface area contributed by atoms with Crippen LogP contribution in [0, 0.1) is 0 Å². The maximum atomic E-state index is 11.6. The Bertz CT molecular complexity index is 632. The predicted molar refractivity (Wildman–Crippen MR) is 79.9 cm³/mol. The molecule has 0 saturated heterocycles.